The first-order valence-corrected chi connectivity index (χ1v) is 8.50. The fraction of sp³-hybridized carbons (Fsp3) is 0.353. The lowest BCUT2D eigenvalue weighted by atomic mass is 10.2. The molecular formula is C17H20Cl2N4O. The summed E-state index contributed by atoms with van der Waals surface area (Å²) < 4.78 is 0. The van der Waals surface area contributed by atoms with Crippen LogP contribution in [0.4, 0.5) is 11.6 Å². The number of unbranched alkanes of at least 4 members (excludes halogenated alkanes) is 1. The Bertz CT molecular complexity index is 716. The molecule has 24 heavy (non-hydrogen) atoms. The number of halogens is 2. The number of carbonyl (C=O) groups excluding carboxylic acids is 1. The third-order valence-electron chi connectivity index (χ3n) is 3.46. The molecule has 0 bridgehead atoms. The van der Waals surface area contributed by atoms with Crippen LogP contribution in [-0.4, -0.2) is 29.5 Å². The van der Waals surface area contributed by atoms with E-state index in [1.807, 2.05) is 18.9 Å². The Morgan fingerprint density at radius 3 is 2.54 bits per heavy atom. The molecule has 2 aromatic rings. The number of rotatable bonds is 6. The number of hydrogen-bond acceptors (Lipinski definition) is 4. The smallest absolute Gasteiger partial charge is 0.274 e. The molecule has 128 valence electrons. The van der Waals surface area contributed by atoms with Gasteiger partial charge in [-0.1, -0.05) is 42.6 Å². The van der Waals surface area contributed by atoms with E-state index in [0.717, 1.165) is 25.1 Å². The summed E-state index contributed by atoms with van der Waals surface area (Å²) in [5, 5.41) is 3.47. The molecule has 0 aliphatic rings. The average molecular weight is 367 g/mol. The maximum absolute atomic E-state index is 12.5. The second-order valence-electron chi connectivity index (χ2n) is 5.52. The molecule has 7 heteroatoms. The lowest BCUT2D eigenvalue weighted by molar-refractivity contribution is 0.102. The molecule has 0 unspecified atom stereocenters. The van der Waals surface area contributed by atoms with Crippen molar-refractivity contribution in [2.24, 2.45) is 0 Å². The number of anilines is 2. The summed E-state index contributed by atoms with van der Waals surface area (Å²) in [6.45, 7) is 4.78. The second kappa shape index (κ2) is 8.31. The van der Waals surface area contributed by atoms with Gasteiger partial charge in [-0.05, 0) is 31.5 Å². The van der Waals surface area contributed by atoms with Crippen molar-refractivity contribution in [2.45, 2.75) is 26.7 Å². The third-order valence-corrected chi connectivity index (χ3v) is 4.09. The fourth-order valence-corrected chi connectivity index (χ4v) is 2.62. The van der Waals surface area contributed by atoms with Gasteiger partial charge in [0.15, 0.2) is 0 Å². The highest BCUT2D eigenvalue weighted by Gasteiger charge is 2.15. The predicted octanol–water partition coefficient (Wildman–Crippen LogP) is 4.58. The largest absolute Gasteiger partial charge is 0.344 e. The van der Waals surface area contributed by atoms with E-state index in [4.69, 9.17) is 23.2 Å². The Morgan fingerprint density at radius 1 is 1.25 bits per heavy atom. The Labute approximate surface area is 152 Å². The van der Waals surface area contributed by atoms with Crippen LogP contribution < -0.4 is 10.2 Å². The fourth-order valence-electron chi connectivity index (χ4n) is 2.13. The zero-order chi connectivity index (χ0) is 17.7. The molecule has 0 saturated carbocycles. The summed E-state index contributed by atoms with van der Waals surface area (Å²) in [7, 11) is 1.91. The van der Waals surface area contributed by atoms with Crippen LogP contribution >= 0.6 is 23.2 Å². The first-order chi connectivity index (χ1) is 11.4. The SMILES string of the molecule is CCCCN(C)c1nc(C)cc(C(=O)Nc2c(Cl)cccc2Cl)n1. The molecule has 0 saturated heterocycles. The number of benzene rings is 1. The number of hydrogen-bond donors (Lipinski definition) is 1. The van der Waals surface area contributed by atoms with Gasteiger partial charge in [0.25, 0.3) is 5.91 Å². The second-order valence-corrected chi connectivity index (χ2v) is 6.33. The van der Waals surface area contributed by atoms with Gasteiger partial charge < -0.3 is 10.2 Å². The van der Waals surface area contributed by atoms with Crippen molar-refractivity contribution in [1.29, 1.82) is 0 Å². The zero-order valence-electron chi connectivity index (χ0n) is 13.9. The maximum Gasteiger partial charge on any atom is 0.274 e. The lowest BCUT2D eigenvalue weighted by Crippen LogP contribution is -2.23. The number of amides is 1. The molecule has 1 aromatic heterocycles. The molecule has 0 spiro atoms. The highest BCUT2D eigenvalue weighted by molar-refractivity contribution is 6.40. The van der Waals surface area contributed by atoms with Crippen molar-refractivity contribution >= 4 is 40.7 Å². The minimum Gasteiger partial charge on any atom is -0.344 e. The van der Waals surface area contributed by atoms with Gasteiger partial charge in [0.05, 0.1) is 15.7 Å². The molecule has 1 aromatic carbocycles. The normalized spacial score (nSPS) is 10.5. The average Bonchev–Trinajstić information content (AvgIpc) is 2.55. The van der Waals surface area contributed by atoms with Crippen LogP contribution in [0.2, 0.25) is 10.0 Å². The molecule has 0 fully saturated rings. The number of nitrogens with one attached hydrogen (secondary N) is 1. The van der Waals surface area contributed by atoms with Crippen LogP contribution in [-0.2, 0) is 0 Å². The summed E-state index contributed by atoms with van der Waals surface area (Å²) in [6, 6.07) is 6.68. The van der Waals surface area contributed by atoms with Gasteiger partial charge in [0, 0.05) is 19.3 Å². The van der Waals surface area contributed by atoms with Crippen LogP contribution in [0.3, 0.4) is 0 Å². The molecule has 1 N–H and O–H groups in total. The van der Waals surface area contributed by atoms with Crippen LogP contribution in [0.15, 0.2) is 24.3 Å². The minimum absolute atomic E-state index is 0.275. The quantitative estimate of drug-likeness (QED) is 0.812. The van der Waals surface area contributed by atoms with E-state index in [1.54, 1.807) is 24.3 Å². The summed E-state index contributed by atoms with van der Waals surface area (Å²) in [6.07, 6.45) is 2.11. The number of nitrogens with zero attached hydrogens (tertiary/aromatic N) is 3. The zero-order valence-corrected chi connectivity index (χ0v) is 15.4. The molecular weight excluding hydrogens is 347 g/mol. The summed E-state index contributed by atoms with van der Waals surface area (Å²) in [4.78, 5) is 23.2. The molecule has 5 nitrogen and oxygen atoms in total. The standard InChI is InChI=1S/C17H20Cl2N4O/c1-4-5-9-23(3)17-20-11(2)10-14(21-17)16(24)22-15-12(18)7-6-8-13(15)19/h6-8,10H,4-5,9H2,1-3H3,(H,22,24). The van der Waals surface area contributed by atoms with Crippen molar-refractivity contribution in [3.05, 3.63) is 45.7 Å². The Hall–Kier alpha value is -1.85. The molecule has 1 amide bonds. The summed E-state index contributed by atoms with van der Waals surface area (Å²) in [5.41, 5.74) is 1.37. The lowest BCUT2D eigenvalue weighted by Gasteiger charge is -2.17. The number of para-hydroxylation sites is 1. The van der Waals surface area contributed by atoms with Gasteiger partial charge in [0.2, 0.25) is 5.95 Å². The molecule has 0 aliphatic carbocycles. The van der Waals surface area contributed by atoms with Crippen molar-refractivity contribution in [3.8, 4) is 0 Å². The van der Waals surface area contributed by atoms with Crippen LogP contribution in [0.5, 0.6) is 0 Å². The monoisotopic (exact) mass is 366 g/mol. The topological polar surface area (TPSA) is 58.1 Å². The van der Waals surface area contributed by atoms with Crippen LogP contribution in [0, 0.1) is 6.92 Å². The van der Waals surface area contributed by atoms with Gasteiger partial charge in [-0.25, -0.2) is 9.97 Å². The Morgan fingerprint density at radius 2 is 1.92 bits per heavy atom. The van der Waals surface area contributed by atoms with E-state index in [1.165, 1.54) is 0 Å². The van der Waals surface area contributed by atoms with E-state index in [-0.39, 0.29) is 11.6 Å². The highest BCUT2D eigenvalue weighted by Crippen LogP contribution is 2.30. The maximum atomic E-state index is 12.5. The summed E-state index contributed by atoms with van der Waals surface area (Å²) in [5.74, 6) is 0.152. The van der Waals surface area contributed by atoms with Crippen LogP contribution in [0.25, 0.3) is 0 Å². The first-order valence-electron chi connectivity index (χ1n) is 7.74. The van der Waals surface area contributed by atoms with Gasteiger partial charge >= 0.3 is 0 Å². The van der Waals surface area contributed by atoms with Crippen molar-refractivity contribution in [2.75, 3.05) is 23.8 Å². The molecule has 0 atom stereocenters. The highest BCUT2D eigenvalue weighted by atomic mass is 35.5. The van der Waals surface area contributed by atoms with Gasteiger partial charge in [0.1, 0.15) is 5.69 Å². The van der Waals surface area contributed by atoms with E-state index >= 15 is 0 Å². The van der Waals surface area contributed by atoms with Crippen molar-refractivity contribution in [3.63, 3.8) is 0 Å². The molecule has 0 aliphatic heterocycles. The number of aromatic nitrogens is 2. The Kier molecular flexibility index (Phi) is 6.40. The van der Waals surface area contributed by atoms with Crippen molar-refractivity contribution < 1.29 is 4.79 Å². The van der Waals surface area contributed by atoms with Crippen molar-refractivity contribution in [1.82, 2.24) is 9.97 Å². The van der Waals surface area contributed by atoms with Gasteiger partial charge in [-0.3, -0.25) is 4.79 Å². The molecule has 1 heterocycles. The molecule has 0 radical (unpaired) electrons. The van der Waals surface area contributed by atoms with Gasteiger partial charge in [-0.15, -0.1) is 0 Å². The van der Waals surface area contributed by atoms with E-state index in [0.29, 0.717) is 21.7 Å². The van der Waals surface area contributed by atoms with Gasteiger partial charge in [-0.2, -0.15) is 0 Å². The van der Waals surface area contributed by atoms with Crippen LogP contribution in [0.1, 0.15) is 35.9 Å². The first kappa shape index (κ1) is 18.5. The summed E-state index contributed by atoms with van der Waals surface area (Å²) >= 11 is 12.2. The molecule has 2 rings (SSSR count). The predicted molar refractivity (Wildman–Crippen MR) is 99.4 cm³/mol. The van der Waals surface area contributed by atoms with E-state index < -0.39 is 0 Å². The number of aryl methyl sites for hydroxylation is 1. The van der Waals surface area contributed by atoms with E-state index in [9.17, 15) is 4.79 Å². The Balaban J connectivity index is 2.25. The third kappa shape index (κ3) is 4.58. The van der Waals surface area contributed by atoms with E-state index in [2.05, 4.69) is 22.2 Å². The minimum atomic E-state index is -0.374. The number of carbonyl (C=O) groups is 1.